The van der Waals surface area contributed by atoms with Crippen molar-refractivity contribution < 1.29 is 114 Å². The minimum Gasteiger partial charge on any atom is -0.497 e. The van der Waals surface area contributed by atoms with Crippen molar-refractivity contribution in [1.82, 2.24) is 19.6 Å². The van der Waals surface area contributed by atoms with Gasteiger partial charge in [-0.2, -0.15) is 0 Å². The van der Waals surface area contributed by atoms with Crippen LogP contribution in [0.3, 0.4) is 0 Å². The summed E-state index contributed by atoms with van der Waals surface area (Å²) in [6, 6.07) is 36.0. The van der Waals surface area contributed by atoms with Crippen molar-refractivity contribution >= 4 is 46.2 Å². The maximum atomic E-state index is 14.8. The number of piperidine rings is 4. The highest BCUT2D eigenvalue weighted by Gasteiger charge is 2.53. The van der Waals surface area contributed by atoms with Crippen LogP contribution < -0.4 is 56.8 Å². The Labute approximate surface area is 766 Å². The number of nitrogens with zero attached hydrogens (tertiary/aromatic N) is 4. The maximum absolute atomic E-state index is 14.8. The Morgan fingerprint density at radius 1 is 0.318 bits per heavy atom. The molecule has 8 aromatic carbocycles. The number of aliphatic carboxylic acids is 4. The van der Waals surface area contributed by atoms with Gasteiger partial charge in [-0.1, -0.05) is 34.4 Å². The number of fused-ring (bicyclic) bond motifs is 8. The second-order valence-electron chi connectivity index (χ2n) is 36.7. The molecule has 0 radical (unpaired) electrons. The van der Waals surface area contributed by atoms with Gasteiger partial charge in [-0.15, -0.1) is 0 Å². The van der Waals surface area contributed by atoms with Gasteiger partial charge < -0.3 is 96.9 Å². The summed E-state index contributed by atoms with van der Waals surface area (Å²) in [5.41, 5.74) is 17.0. The molecule has 0 bridgehead atoms. The smallest absolute Gasteiger partial charge is 0.310 e. The molecule has 8 aliphatic heterocycles. The Kier molecular flexibility index (Phi) is 28.4. The molecule has 0 atom stereocenters. The highest BCUT2D eigenvalue weighted by molar-refractivity contribution is 5.92. The predicted molar refractivity (Wildman–Crippen MR) is 489 cm³/mol. The Morgan fingerprint density at radius 3 is 0.879 bits per heavy atom. The van der Waals surface area contributed by atoms with Crippen molar-refractivity contribution in [1.29, 1.82) is 0 Å². The summed E-state index contributed by atoms with van der Waals surface area (Å²) in [7, 11) is 12.3. The molecule has 2 aliphatic carbocycles. The molecule has 28 heteroatoms. The van der Waals surface area contributed by atoms with Crippen molar-refractivity contribution in [3.05, 3.63) is 234 Å². The highest BCUT2D eigenvalue weighted by atomic mass is 19.1. The Morgan fingerprint density at radius 2 is 0.583 bits per heavy atom. The predicted octanol–water partition coefficient (Wildman–Crippen LogP) is 18.5. The van der Waals surface area contributed by atoms with Gasteiger partial charge in [-0.05, 0) is 246 Å². The molecular formula is C104H116F4N4O20. The first kappa shape index (κ1) is 94.4. The van der Waals surface area contributed by atoms with Crippen LogP contribution in [0, 0.1) is 44.9 Å². The van der Waals surface area contributed by atoms with Crippen LogP contribution in [0.4, 0.5) is 17.6 Å². The van der Waals surface area contributed by atoms with Crippen LogP contribution in [0.2, 0.25) is 0 Å². The third kappa shape index (κ3) is 20.2. The van der Waals surface area contributed by atoms with Crippen LogP contribution in [-0.2, 0) is 45.6 Å². The molecule has 132 heavy (non-hydrogen) atoms. The van der Waals surface area contributed by atoms with Crippen LogP contribution in [0.5, 0.6) is 69.0 Å². The van der Waals surface area contributed by atoms with E-state index in [1.165, 1.54) is 68.9 Å². The molecule has 0 spiro atoms. The summed E-state index contributed by atoms with van der Waals surface area (Å²) in [5.74, 6) is 1.38. The quantitative estimate of drug-likeness (QED) is 0.0516. The maximum Gasteiger partial charge on any atom is 0.310 e. The first-order chi connectivity index (χ1) is 63.3. The molecule has 700 valence electrons. The van der Waals surface area contributed by atoms with Crippen LogP contribution in [0.15, 0.2) is 144 Å². The summed E-state index contributed by atoms with van der Waals surface area (Å²) in [5, 5.41) is 38.1. The minimum atomic E-state index is -0.812. The Bertz CT molecular complexity index is 5540. The second kappa shape index (κ2) is 39.7. The van der Waals surface area contributed by atoms with E-state index in [9.17, 15) is 57.2 Å². The molecule has 24 nitrogen and oxygen atoms in total. The van der Waals surface area contributed by atoms with E-state index in [0.717, 1.165) is 241 Å². The van der Waals surface area contributed by atoms with E-state index in [2.05, 4.69) is 19.6 Å². The number of hydrogen-bond acceptors (Lipinski definition) is 20. The molecule has 8 aromatic rings. The van der Waals surface area contributed by atoms with Crippen molar-refractivity contribution in [3.8, 4) is 69.0 Å². The zero-order valence-corrected chi connectivity index (χ0v) is 77.0. The summed E-state index contributed by atoms with van der Waals surface area (Å²) < 4.78 is 126. The van der Waals surface area contributed by atoms with E-state index in [4.69, 9.17) is 56.8 Å². The summed E-state index contributed by atoms with van der Waals surface area (Å²) in [6.45, 7) is 16.6. The Hall–Kier alpha value is -12.2. The van der Waals surface area contributed by atoms with Gasteiger partial charge in [-0.3, -0.25) is 19.2 Å². The fourth-order valence-electron chi connectivity index (χ4n) is 19.2. The molecule has 2 saturated carbocycles. The fourth-order valence-corrected chi connectivity index (χ4v) is 19.2. The molecule has 0 aromatic heterocycles. The highest BCUT2D eigenvalue weighted by Crippen LogP contribution is 2.53. The summed E-state index contributed by atoms with van der Waals surface area (Å²) in [6.07, 6.45) is 9.33. The zero-order chi connectivity index (χ0) is 93.8. The third-order valence-electron chi connectivity index (χ3n) is 27.3. The van der Waals surface area contributed by atoms with E-state index in [0.29, 0.717) is 75.6 Å². The molecule has 0 amide bonds. The van der Waals surface area contributed by atoms with Gasteiger partial charge in [0.1, 0.15) is 72.4 Å². The average Bonchev–Trinajstić information content (AvgIpc) is 1.72. The van der Waals surface area contributed by atoms with Crippen molar-refractivity contribution in [2.75, 3.05) is 135 Å². The summed E-state index contributed by atoms with van der Waals surface area (Å²) >= 11 is 0. The van der Waals surface area contributed by atoms with E-state index in [1.54, 1.807) is 86.5 Å². The molecule has 6 fully saturated rings. The fraction of sp³-hybridized carbons (Fsp3) is 0.423. The first-order valence-electron chi connectivity index (χ1n) is 44.8. The van der Waals surface area contributed by atoms with Crippen LogP contribution in [0.25, 0.3) is 22.3 Å². The normalized spacial score (nSPS) is 17.8. The van der Waals surface area contributed by atoms with Gasteiger partial charge >= 0.3 is 23.9 Å². The number of ether oxygens (including phenoxy) is 12. The SMILES string of the molecule is COc1ccc2c(c1)C(=C1CCN(CC(C)(C)C(=O)O)CC1)c1cc(F)c(OC)cc1CO2.COc1ccc2c(c1)C(=C1CCN(CC3(C(=O)O)CC3)CC1)c1cc(F)c(OC)cc1CO2.COc1ccc2c(c1)COc1cc(F)c(OC)cc1C2=C1CCN(CC(C)(C)C(=O)O)CC1.COc1ccc2c(c1)COc1cc(F)c(OC)cc1C2=C1CCN(CC2(C(=O)O)CC2)CC1. The number of likely N-dealkylation sites (tertiary alicyclic amines) is 4. The lowest BCUT2D eigenvalue weighted by molar-refractivity contribution is -0.148. The second-order valence-corrected chi connectivity index (χ2v) is 36.7. The Balaban J connectivity index is 0.000000135. The molecular weight excluding hydrogens is 1700 g/mol. The van der Waals surface area contributed by atoms with Crippen LogP contribution >= 0.6 is 0 Å². The van der Waals surface area contributed by atoms with E-state index < -0.39 is 68.8 Å². The number of carboxylic acids is 4. The van der Waals surface area contributed by atoms with Gasteiger partial charge in [0.25, 0.3) is 0 Å². The topological polar surface area (TPSA) is 273 Å². The number of methoxy groups -OCH3 is 8. The van der Waals surface area contributed by atoms with Gasteiger partial charge in [0, 0.05) is 135 Å². The largest absolute Gasteiger partial charge is 0.497 e. The molecule has 4 saturated heterocycles. The van der Waals surface area contributed by atoms with Crippen molar-refractivity contribution in [2.45, 2.75) is 131 Å². The van der Waals surface area contributed by atoms with E-state index in [-0.39, 0.29) is 23.0 Å². The number of rotatable bonds is 20. The molecule has 4 N–H and O–H groups in total. The van der Waals surface area contributed by atoms with Crippen LogP contribution in [0.1, 0.15) is 172 Å². The van der Waals surface area contributed by atoms with Gasteiger partial charge in [0.05, 0.1) is 78.5 Å². The van der Waals surface area contributed by atoms with E-state index >= 15 is 0 Å². The van der Waals surface area contributed by atoms with Gasteiger partial charge in [-0.25, -0.2) is 17.6 Å². The summed E-state index contributed by atoms with van der Waals surface area (Å²) in [4.78, 5) is 55.3. The molecule has 8 heterocycles. The van der Waals surface area contributed by atoms with Crippen molar-refractivity contribution in [2.24, 2.45) is 21.7 Å². The van der Waals surface area contributed by atoms with Gasteiger partial charge in [0.15, 0.2) is 46.3 Å². The number of halogens is 4. The molecule has 0 unspecified atom stereocenters. The zero-order valence-electron chi connectivity index (χ0n) is 77.0. The van der Waals surface area contributed by atoms with E-state index in [1.807, 2.05) is 72.8 Å². The van der Waals surface area contributed by atoms with Gasteiger partial charge in [0.2, 0.25) is 0 Å². The molecule has 10 aliphatic rings. The monoisotopic (exact) mass is 1820 g/mol. The van der Waals surface area contributed by atoms with Crippen LogP contribution in [-0.4, -0.2) is 199 Å². The third-order valence-corrected chi connectivity index (χ3v) is 27.3. The lowest BCUT2D eigenvalue weighted by atomic mass is 9.85. The molecule has 18 rings (SSSR count). The number of benzene rings is 8. The number of hydrogen-bond donors (Lipinski definition) is 4. The minimum absolute atomic E-state index is 0.174. The number of carboxylic acid groups (broad SMARTS) is 4. The lowest BCUT2D eigenvalue weighted by Gasteiger charge is -2.34. The standard InChI is InChI=1S/2C26H28FNO5.2C26H30FNO5/c1-31-18-3-4-22-20(12-18)24(19-13-21(27)23(32-2)11-17(19)14-33-22)16-5-9-28(10-6-16)15-26(7-8-26)25(29)30;1-31-18-3-4-19-17(11-18)14-33-22-13-21(27)23(32-2)12-20(22)24(19)16-5-9-28(10-6-16)15-26(7-8-26)25(29)30;1-26(2,25(29)30)15-28-9-7-16(8-10-28)24-19-13-21(27)23(32-4)11-17(19)14-33-22-6-5-18(31-3)12-20(22)24;1-26(2,25(29)30)15-28-9-7-16(8-10-28)24-19-6-5-18(31-3)11-17(19)14-33-22-13-21(27)23(32-4)12-20(22)24/h2*3-4,11-13H,5-10,14-15H2,1-2H3,(H,29,30);2*5-6,11-13H,7-10,14-15H2,1-4H3,(H,29,30). The first-order valence-corrected chi connectivity index (χ1v) is 44.8. The average molecular weight is 1820 g/mol. The van der Waals surface area contributed by atoms with Crippen molar-refractivity contribution in [3.63, 3.8) is 0 Å². The lowest BCUT2D eigenvalue weighted by Crippen LogP contribution is -2.42. The number of carbonyl (C=O) groups is 4.